The van der Waals surface area contributed by atoms with E-state index in [1.807, 2.05) is 0 Å². The number of aromatic nitrogens is 8. The minimum Gasteiger partial charge on any atom is -0.480 e. The Bertz CT molecular complexity index is 1910. The molecule has 11 nitrogen and oxygen atoms in total. The Hall–Kier alpha value is -4.40. The fourth-order valence-electron chi connectivity index (χ4n) is 4.81. The van der Waals surface area contributed by atoms with Gasteiger partial charge in [0.25, 0.3) is 0 Å². The molecule has 4 aromatic heterocycles. The molecule has 42 heavy (non-hydrogen) atoms. The van der Waals surface area contributed by atoms with Gasteiger partial charge in [0, 0.05) is 36.7 Å². The molecule has 218 valence electrons. The van der Waals surface area contributed by atoms with Crippen LogP contribution in [-0.4, -0.2) is 61.1 Å². The number of aryl methyl sites for hydroxylation is 1. The van der Waals surface area contributed by atoms with Gasteiger partial charge in [0.2, 0.25) is 5.88 Å². The molecule has 4 heterocycles. The first kappa shape index (κ1) is 27.8. The van der Waals surface area contributed by atoms with Crippen molar-refractivity contribution >= 4 is 20.9 Å². The van der Waals surface area contributed by atoms with Crippen LogP contribution in [0.25, 0.3) is 33.8 Å². The van der Waals surface area contributed by atoms with E-state index < -0.39 is 21.7 Å². The van der Waals surface area contributed by atoms with Gasteiger partial charge in [-0.25, -0.2) is 38.0 Å². The average molecular weight is 599 g/mol. The predicted molar refractivity (Wildman–Crippen MR) is 145 cm³/mol. The lowest BCUT2D eigenvalue weighted by molar-refractivity contribution is -0.140. The normalized spacial score (nSPS) is 14.0. The van der Waals surface area contributed by atoms with Gasteiger partial charge in [0.15, 0.2) is 32.0 Å². The van der Waals surface area contributed by atoms with E-state index in [0.29, 0.717) is 29.1 Å². The zero-order chi connectivity index (χ0) is 29.8. The predicted octanol–water partition coefficient (Wildman–Crippen LogP) is 4.52. The van der Waals surface area contributed by atoms with Crippen LogP contribution in [0.15, 0.2) is 48.0 Å². The van der Waals surface area contributed by atoms with Crippen molar-refractivity contribution in [2.75, 3.05) is 13.4 Å². The van der Waals surface area contributed by atoms with Crippen molar-refractivity contribution in [2.45, 2.75) is 50.0 Å². The molecule has 6 rings (SSSR count). The molecule has 1 aromatic carbocycles. The number of alkyl halides is 3. The lowest BCUT2D eigenvalue weighted by Gasteiger charge is -2.11. The molecule has 0 N–H and O–H groups in total. The van der Waals surface area contributed by atoms with Crippen molar-refractivity contribution in [3.63, 3.8) is 0 Å². The quantitative estimate of drug-likeness (QED) is 0.253. The fourth-order valence-corrected chi connectivity index (χ4v) is 5.60. The van der Waals surface area contributed by atoms with Gasteiger partial charge in [-0.1, -0.05) is 24.3 Å². The van der Waals surface area contributed by atoms with Crippen LogP contribution in [-0.2, 0) is 29.1 Å². The second-order valence-corrected chi connectivity index (χ2v) is 11.9. The van der Waals surface area contributed by atoms with E-state index in [-0.39, 0.29) is 40.2 Å². The van der Waals surface area contributed by atoms with E-state index in [2.05, 4.69) is 25.0 Å². The highest BCUT2D eigenvalue weighted by Gasteiger charge is 2.35. The van der Waals surface area contributed by atoms with Crippen LogP contribution < -0.4 is 4.74 Å². The molecule has 0 unspecified atom stereocenters. The number of hydrogen-bond donors (Lipinski definition) is 0. The van der Waals surface area contributed by atoms with Gasteiger partial charge in [0.05, 0.1) is 24.7 Å². The van der Waals surface area contributed by atoms with Crippen molar-refractivity contribution in [3.05, 3.63) is 59.9 Å². The summed E-state index contributed by atoms with van der Waals surface area (Å²) in [6, 6.07) is 6.79. The lowest BCUT2D eigenvalue weighted by atomic mass is 10.1. The number of hydrogen-bond acceptors (Lipinski definition) is 9. The second-order valence-electron chi connectivity index (χ2n) is 10.0. The molecule has 0 aliphatic heterocycles. The summed E-state index contributed by atoms with van der Waals surface area (Å²) >= 11 is 0. The number of nitrogens with zero attached hydrogens (tertiary/aromatic N) is 8. The smallest absolute Gasteiger partial charge is 0.434 e. The molecule has 1 aliphatic rings. The highest BCUT2D eigenvalue weighted by atomic mass is 32.2. The van der Waals surface area contributed by atoms with Crippen molar-refractivity contribution in [1.29, 1.82) is 0 Å². The number of methoxy groups -OCH3 is 1. The third kappa shape index (κ3) is 5.08. The molecule has 1 saturated carbocycles. The van der Waals surface area contributed by atoms with Crippen molar-refractivity contribution in [3.8, 4) is 28.7 Å². The van der Waals surface area contributed by atoms with E-state index in [0.717, 1.165) is 31.0 Å². The largest absolute Gasteiger partial charge is 0.480 e. The molecule has 1 fully saturated rings. The monoisotopic (exact) mass is 598 g/mol. The van der Waals surface area contributed by atoms with E-state index in [4.69, 9.17) is 9.72 Å². The van der Waals surface area contributed by atoms with Gasteiger partial charge < -0.3 is 9.30 Å². The Kier molecular flexibility index (Phi) is 6.71. The molecule has 0 saturated heterocycles. The van der Waals surface area contributed by atoms with Gasteiger partial charge in [-0.3, -0.25) is 0 Å². The van der Waals surface area contributed by atoms with E-state index in [9.17, 15) is 21.6 Å². The summed E-state index contributed by atoms with van der Waals surface area (Å²) in [5.41, 5.74) is 1.87. The minimum absolute atomic E-state index is 0.136. The van der Waals surface area contributed by atoms with Crippen molar-refractivity contribution in [2.24, 2.45) is 0 Å². The van der Waals surface area contributed by atoms with Crippen LogP contribution in [0.3, 0.4) is 0 Å². The molecule has 0 radical (unpaired) electrons. The van der Waals surface area contributed by atoms with Crippen LogP contribution in [0.2, 0.25) is 0 Å². The Morgan fingerprint density at radius 3 is 2.43 bits per heavy atom. The molecule has 0 atom stereocenters. The Morgan fingerprint density at radius 1 is 1.07 bits per heavy atom. The van der Waals surface area contributed by atoms with Crippen molar-refractivity contribution < 1.29 is 26.3 Å². The van der Waals surface area contributed by atoms with Crippen LogP contribution in [0, 0.1) is 0 Å². The number of halogens is 3. The summed E-state index contributed by atoms with van der Waals surface area (Å²) in [6.07, 6.45) is 2.29. The van der Waals surface area contributed by atoms with E-state index >= 15 is 0 Å². The maximum atomic E-state index is 13.2. The Labute approximate surface area is 238 Å². The van der Waals surface area contributed by atoms with Gasteiger partial charge in [-0.2, -0.15) is 18.3 Å². The fraction of sp³-hybridized carbons (Fsp3) is 0.333. The van der Waals surface area contributed by atoms with Crippen molar-refractivity contribution in [1.82, 2.24) is 39.3 Å². The Balaban J connectivity index is 1.41. The second kappa shape index (κ2) is 10.2. The molecule has 1 aliphatic carbocycles. The first-order chi connectivity index (χ1) is 20.0. The highest BCUT2D eigenvalue weighted by molar-refractivity contribution is 7.90. The zero-order valence-corrected chi connectivity index (χ0v) is 23.6. The van der Waals surface area contributed by atoms with Gasteiger partial charge >= 0.3 is 6.18 Å². The maximum Gasteiger partial charge on any atom is 0.434 e. The summed E-state index contributed by atoms with van der Waals surface area (Å²) in [5.74, 6) is 1.03. The minimum atomic E-state index is -4.55. The number of ether oxygens (including phenoxy) is 1. The SMILES string of the molecule is CCn1cc(C(F)(F)F)nc1-c1ccc(Cn2nc(S(C)(=O)=O)c3cnc(-c4c(OC)ncnc4C4CC4)nc32)cc1. The molecule has 15 heteroatoms. The number of rotatable bonds is 8. The third-order valence-corrected chi connectivity index (χ3v) is 7.99. The molecule has 0 bridgehead atoms. The number of benzene rings is 1. The van der Waals surface area contributed by atoms with Crippen LogP contribution >= 0.6 is 0 Å². The number of imidazole rings is 1. The van der Waals surface area contributed by atoms with Gasteiger partial charge in [0.1, 0.15) is 17.7 Å². The first-order valence-electron chi connectivity index (χ1n) is 13.0. The number of sulfone groups is 1. The molecular weight excluding hydrogens is 573 g/mol. The van der Waals surface area contributed by atoms with Gasteiger partial charge in [-0.15, -0.1) is 0 Å². The molecular formula is C27H25F3N8O3S. The molecule has 0 spiro atoms. The van der Waals surface area contributed by atoms with E-state index in [1.54, 1.807) is 31.2 Å². The average Bonchev–Trinajstić information content (AvgIpc) is 3.60. The zero-order valence-electron chi connectivity index (χ0n) is 22.8. The van der Waals surface area contributed by atoms with Crippen LogP contribution in [0.4, 0.5) is 13.2 Å². The van der Waals surface area contributed by atoms with Gasteiger partial charge in [-0.05, 0) is 25.3 Å². The van der Waals surface area contributed by atoms with Crippen LogP contribution in [0.1, 0.15) is 42.6 Å². The molecule has 5 aromatic rings. The highest BCUT2D eigenvalue weighted by Crippen LogP contribution is 2.45. The Morgan fingerprint density at radius 2 is 1.81 bits per heavy atom. The first-order valence-corrected chi connectivity index (χ1v) is 14.9. The molecule has 0 amide bonds. The topological polar surface area (TPSA) is 131 Å². The summed E-state index contributed by atoms with van der Waals surface area (Å²) < 4.78 is 73.3. The summed E-state index contributed by atoms with van der Waals surface area (Å²) in [6.45, 7) is 2.19. The maximum absolute atomic E-state index is 13.2. The summed E-state index contributed by atoms with van der Waals surface area (Å²) in [7, 11) is -2.23. The lowest BCUT2D eigenvalue weighted by Crippen LogP contribution is -2.06. The standard InChI is InChI=1S/C27H25F3N8O3S/c1-4-37-13-19(27(28,29)30)34-23(37)17-7-5-15(6-8-17)12-38-24-18(26(36-38)42(3,39)40)11-31-22(35-24)20-21(16-9-10-16)32-14-33-25(20)41-2/h5-8,11,13-14,16H,4,9-10,12H2,1-3H3. The number of fused-ring (bicyclic) bond motifs is 1. The third-order valence-electron chi connectivity index (χ3n) is 6.98. The summed E-state index contributed by atoms with van der Waals surface area (Å²) in [5, 5.41) is 4.46. The van der Waals surface area contributed by atoms with E-state index in [1.165, 1.54) is 28.9 Å². The summed E-state index contributed by atoms with van der Waals surface area (Å²) in [4.78, 5) is 21.6. The van der Waals surface area contributed by atoms with Crippen LogP contribution in [0.5, 0.6) is 5.88 Å².